The van der Waals surface area contributed by atoms with Crippen molar-refractivity contribution in [1.82, 2.24) is 4.90 Å². The molecule has 1 N–H and O–H groups in total. The van der Waals surface area contributed by atoms with Crippen molar-refractivity contribution in [3.63, 3.8) is 0 Å². The summed E-state index contributed by atoms with van der Waals surface area (Å²) in [6.45, 7) is 8.47. The van der Waals surface area contributed by atoms with Gasteiger partial charge in [-0.3, -0.25) is 14.5 Å². The van der Waals surface area contributed by atoms with Crippen LogP contribution in [0.15, 0.2) is 41.4 Å². The Morgan fingerprint density at radius 2 is 1.75 bits per heavy atom. The number of amides is 2. The number of rotatable bonds is 8. The first kappa shape index (κ1) is 19.9. The standard InChI is InChI=1S/C21H24N2O4S/c1-5-26-15-10-9-14(12-16(15)27-6-2)22-19-18(17-8-7-11-28-17)20(24)23(13(3)4)21(19)25/h7-13,22H,5-6H2,1-4H3. The van der Waals surface area contributed by atoms with Crippen molar-refractivity contribution in [2.24, 2.45) is 0 Å². The van der Waals surface area contributed by atoms with Gasteiger partial charge in [-0.1, -0.05) is 6.07 Å². The maximum Gasteiger partial charge on any atom is 0.278 e. The largest absolute Gasteiger partial charge is 0.490 e. The predicted octanol–water partition coefficient (Wildman–Crippen LogP) is 4.15. The number of anilines is 1. The summed E-state index contributed by atoms with van der Waals surface area (Å²) in [5.41, 5.74) is 1.34. The molecule has 7 heteroatoms. The molecule has 148 valence electrons. The summed E-state index contributed by atoms with van der Waals surface area (Å²) in [5, 5.41) is 5.04. The molecule has 0 bridgehead atoms. The lowest BCUT2D eigenvalue weighted by molar-refractivity contribution is -0.138. The van der Waals surface area contributed by atoms with Crippen molar-refractivity contribution in [2.75, 3.05) is 18.5 Å². The number of nitrogens with one attached hydrogen (secondary N) is 1. The molecule has 0 fully saturated rings. The molecule has 0 unspecified atom stereocenters. The van der Waals surface area contributed by atoms with Crippen molar-refractivity contribution < 1.29 is 19.1 Å². The molecule has 1 aromatic carbocycles. The molecule has 1 aliphatic heterocycles. The number of hydrogen-bond acceptors (Lipinski definition) is 6. The molecule has 1 aliphatic rings. The van der Waals surface area contributed by atoms with Crippen LogP contribution in [0.25, 0.3) is 5.57 Å². The molecular weight excluding hydrogens is 376 g/mol. The summed E-state index contributed by atoms with van der Waals surface area (Å²) in [6.07, 6.45) is 0. The Morgan fingerprint density at radius 3 is 2.36 bits per heavy atom. The van der Waals surface area contributed by atoms with Crippen molar-refractivity contribution in [3.8, 4) is 11.5 Å². The normalized spacial score (nSPS) is 14.2. The third-order valence-electron chi connectivity index (χ3n) is 4.21. The number of carbonyl (C=O) groups excluding carboxylic acids is 2. The molecule has 0 saturated heterocycles. The van der Waals surface area contributed by atoms with E-state index in [0.717, 1.165) is 4.88 Å². The van der Waals surface area contributed by atoms with E-state index < -0.39 is 0 Å². The molecular formula is C21H24N2O4S. The van der Waals surface area contributed by atoms with Crippen LogP contribution in [0.1, 0.15) is 32.6 Å². The van der Waals surface area contributed by atoms with Crippen LogP contribution < -0.4 is 14.8 Å². The maximum atomic E-state index is 13.0. The Labute approximate surface area is 168 Å². The minimum atomic E-state index is -0.324. The molecule has 2 heterocycles. The van der Waals surface area contributed by atoms with Gasteiger partial charge in [0.05, 0.1) is 18.8 Å². The molecule has 3 rings (SSSR count). The summed E-state index contributed by atoms with van der Waals surface area (Å²) >= 11 is 1.43. The van der Waals surface area contributed by atoms with Gasteiger partial charge in [-0.25, -0.2) is 0 Å². The van der Waals surface area contributed by atoms with Gasteiger partial charge in [-0.2, -0.15) is 0 Å². The van der Waals surface area contributed by atoms with Crippen LogP contribution >= 0.6 is 11.3 Å². The molecule has 1 aromatic heterocycles. The van der Waals surface area contributed by atoms with E-state index in [9.17, 15) is 9.59 Å². The van der Waals surface area contributed by atoms with Crippen LogP contribution in [0.2, 0.25) is 0 Å². The Bertz CT molecular complexity index is 903. The minimum absolute atomic E-state index is 0.228. The van der Waals surface area contributed by atoms with Gasteiger partial charge in [0, 0.05) is 22.7 Å². The van der Waals surface area contributed by atoms with Gasteiger partial charge in [0.1, 0.15) is 5.70 Å². The number of hydrogen-bond donors (Lipinski definition) is 1. The average molecular weight is 401 g/mol. The SMILES string of the molecule is CCOc1ccc(NC2=C(c3cccs3)C(=O)N(C(C)C)C2=O)cc1OCC. The minimum Gasteiger partial charge on any atom is -0.490 e. The summed E-state index contributed by atoms with van der Waals surface area (Å²) in [6, 6.07) is 8.87. The van der Waals surface area contributed by atoms with Gasteiger partial charge in [0.15, 0.2) is 11.5 Å². The van der Waals surface area contributed by atoms with Crippen molar-refractivity contribution >= 4 is 34.4 Å². The second-order valence-electron chi connectivity index (χ2n) is 6.45. The second kappa shape index (κ2) is 8.48. The monoisotopic (exact) mass is 400 g/mol. The number of ether oxygens (including phenoxy) is 2. The molecule has 0 aliphatic carbocycles. The zero-order valence-electron chi connectivity index (χ0n) is 16.4. The lowest BCUT2D eigenvalue weighted by Gasteiger charge is -2.19. The van der Waals surface area contributed by atoms with E-state index in [4.69, 9.17) is 9.47 Å². The van der Waals surface area contributed by atoms with Crippen molar-refractivity contribution in [3.05, 3.63) is 46.3 Å². The lowest BCUT2D eigenvalue weighted by atomic mass is 10.1. The molecule has 0 radical (unpaired) electrons. The molecule has 2 amide bonds. The number of nitrogens with zero attached hydrogens (tertiary/aromatic N) is 1. The first-order valence-corrected chi connectivity index (χ1v) is 10.2. The first-order chi connectivity index (χ1) is 13.5. The van der Waals surface area contributed by atoms with Gasteiger partial charge in [0.25, 0.3) is 11.8 Å². The van der Waals surface area contributed by atoms with E-state index in [1.807, 2.05) is 51.3 Å². The number of thiophene rings is 1. The first-order valence-electron chi connectivity index (χ1n) is 9.30. The maximum absolute atomic E-state index is 13.0. The van der Waals surface area contributed by atoms with Crippen LogP contribution in [0.4, 0.5) is 5.69 Å². The van der Waals surface area contributed by atoms with E-state index in [-0.39, 0.29) is 23.6 Å². The number of benzene rings is 1. The molecule has 28 heavy (non-hydrogen) atoms. The molecule has 0 spiro atoms. The Hall–Kier alpha value is -2.80. The molecule has 0 atom stereocenters. The summed E-state index contributed by atoms with van der Waals surface area (Å²) in [5.74, 6) is 0.626. The third-order valence-corrected chi connectivity index (χ3v) is 5.10. The van der Waals surface area contributed by atoms with Gasteiger partial charge < -0.3 is 14.8 Å². The summed E-state index contributed by atoms with van der Waals surface area (Å²) in [4.78, 5) is 28.0. The van der Waals surface area contributed by atoms with Crippen LogP contribution in [-0.2, 0) is 9.59 Å². The van der Waals surface area contributed by atoms with E-state index in [1.54, 1.807) is 12.1 Å². The number of carbonyl (C=O) groups is 2. The third kappa shape index (κ3) is 3.75. The van der Waals surface area contributed by atoms with Crippen molar-refractivity contribution in [1.29, 1.82) is 0 Å². The number of imide groups is 1. The van der Waals surface area contributed by atoms with Gasteiger partial charge in [-0.05, 0) is 51.3 Å². The molecule has 6 nitrogen and oxygen atoms in total. The molecule has 0 saturated carbocycles. The zero-order chi connectivity index (χ0) is 20.3. The quantitative estimate of drug-likeness (QED) is 0.675. The Balaban J connectivity index is 2.01. The Kier molecular flexibility index (Phi) is 6.04. The van der Waals surface area contributed by atoms with Crippen LogP contribution in [0.5, 0.6) is 11.5 Å². The fourth-order valence-corrected chi connectivity index (χ4v) is 3.82. The fourth-order valence-electron chi connectivity index (χ4n) is 3.05. The lowest BCUT2D eigenvalue weighted by Crippen LogP contribution is -2.38. The van der Waals surface area contributed by atoms with Crippen molar-refractivity contribution in [2.45, 2.75) is 33.7 Å². The van der Waals surface area contributed by atoms with Gasteiger partial charge in [-0.15, -0.1) is 11.3 Å². The summed E-state index contributed by atoms with van der Waals surface area (Å²) in [7, 11) is 0. The smallest absolute Gasteiger partial charge is 0.278 e. The molecule has 2 aromatic rings. The van der Waals surface area contributed by atoms with E-state index in [1.165, 1.54) is 16.2 Å². The highest BCUT2D eigenvalue weighted by molar-refractivity contribution is 7.11. The highest BCUT2D eigenvalue weighted by Gasteiger charge is 2.41. The fraction of sp³-hybridized carbons (Fsp3) is 0.333. The highest BCUT2D eigenvalue weighted by Crippen LogP contribution is 2.36. The predicted molar refractivity (Wildman–Crippen MR) is 111 cm³/mol. The van der Waals surface area contributed by atoms with Crippen LogP contribution in [0.3, 0.4) is 0 Å². The topological polar surface area (TPSA) is 67.9 Å². The Morgan fingerprint density at radius 1 is 1.04 bits per heavy atom. The average Bonchev–Trinajstić information content (AvgIpc) is 3.24. The van der Waals surface area contributed by atoms with Crippen LogP contribution in [0, 0.1) is 0 Å². The van der Waals surface area contributed by atoms with Gasteiger partial charge >= 0.3 is 0 Å². The van der Waals surface area contributed by atoms with Gasteiger partial charge in [0.2, 0.25) is 0 Å². The zero-order valence-corrected chi connectivity index (χ0v) is 17.3. The second-order valence-corrected chi connectivity index (χ2v) is 7.40. The van der Waals surface area contributed by atoms with E-state index >= 15 is 0 Å². The summed E-state index contributed by atoms with van der Waals surface area (Å²) < 4.78 is 11.2. The van der Waals surface area contributed by atoms with E-state index in [0.29, 0.717) is 36.0 Å². The van der Waals surface area contributed by atoms with E-state index in [2.05, 4.69) is 5.32 Å². The highest BCUT2D eigenvalue weighted by atomic mass is 32.1. The van der Waals surface area contributed by atoms with Crippen LogP contribution in [-0.4, -0.2) is 36.0 Å².